The highest BCUT2D eigenvalue weighted by molar-refractivity contribution is 6.05. The van der Waals surface area contributed by atoms with E-state index in [-0.39, 0.29) is 41.6 Å². The molecule has 2 aromatic carbocycles. The molecule has 158 valence electrons. The van der Waals surface area contributed by atoms with Crippen molar-refractivity contribution < 1.29 is 29.1 Å². The van der Waals surface area contributed by atoms with E-state index in [0.717, 1.165) is 12.1 Å². The summed E-state index contributed by atoms with van der Waals surface area (Å²) in [5.41, 5.74) is -0.290. The van der Waals surface area contributed by atoms with Crippen LogP contribution in [-0.2, 0) is 4.79 Å². The normalized spacial score (nSPS) is 10.8. The molecule has 0 bridgehead atoms. The zero-order chi connectivity index (χ0) is 22.1. The average Bonchev–Trinajstić information content (AvgIpc) is 2.76. The lowest BCUT2D eigenvalue weighted by molar-refractivity contribution is -0.385. The van der Waals surface area contributed by atoms with E-state index >= 15 is 0 Å². The van der Waals surface area contributed by atoms with Crippen LogP contribution < -0.4 is 20.1 Å². The Morgan fingerprint density at radius 2 is 1.77 bits per heavy atom. The maximum atomic E-state index is 12.5. The van der Waals surface area contributed by atoms with E-state index in [1.54, 1.807) is 30.3 Å². The Morgan fingerprint density at radius 1 is 1.13 bits per heavy atom. The van der Waals surface area contributed by atoms with Gasteiger partial charge in [-0.2, -0.15) is 0 Å². The monoisotopic (exact) mass is 415 g/mol. The summed E-state index contributed by atoms with van der Waals surface area (Å²) in [6, 6.07) is 10.6. The first-order valence-electron chi connectivity index (χ1n) is 8.78. The molecular formula is C20H21N3O7. The molecule has 10 nitrogen and oxygen atoms in total. The van der Waals surface area contributed by atoms with Gasteiger partial charge in [-0.25, -0.2) is 0 Å². The van der Waals surface area contributed by atoms with Crippen molar-refractivity contribution in [3.8, 4) is 11.5 Å². The number of nitrogens with zero attached hydrogens (tertiary/aromatic N) is 1. The number of ether oxygens (including phenoxy) is 2. The summed E-state index contributed by atoms with van der Waals surface area (Å²) in [6.45, 7) is -0.381. The molecule has 0 atom stereocenters. The lowest BCUT2D eigenvalue weighted by atomic mass is 10.1. The Kier molecular flexibility index (Phi) is 7.89. The van der Waals surface area contributed by atoms with E-state index < -0.39 is 16.7 Å². The summed E-state index contributed by atoms with van der Waals surface area (Å²) in [6.07, 6.45) is 1.16. The van der Waals surface area contributed by atoms with E-state index in [1.165, 1.54) is 20.3 Å². The zero-order valence-electron chi connectivity index (χ0n) is 16.4. The number of carbonyl (C=O) groups is 2. The van der Waals surface area contributed by atoms with E-state index in [4.69, 9.17) is 14.6 Å². The number of hydrogen-bond acceptors (Lipinski definition) is 7. The first-order valence-corrected chi connectivity index (χ1v) is 8.78. The molecular weight excluding hydrogens is 394 g/mol. The largest absolute Gasteiger partial charge is 0.493 e. The Morgan fingerprint density at radius 3 is 2.33 bits per heavy atom. The molecule has 0 radical (unpaired) electrons. The van der Waals surface area contributed by atoms with E-state index in [0.29, 0.717) is 5.56 Å². The molecule has 0 fully saturated rings. The molecule has 0 heterocycles. The predicted octanol–water partition coefficient (Wildman–Crippen LogP) is 1.49. The van der Waals surface area contributed by atoms with Crippen LogP contribution in [0.5, 0.6) is 11.5 Å². The molecule has 0 aromatic heterocycles. The summed E-state index contributed by atoms with van der Waals surface area (Å²) >= 11 is 0. The fourth-order valence-electron chi connectivity index (χ4n) is 2.52. The van der Waals surface area contributed by atoms with Crippen molar-refractivity contribution >= 4 is 23.6 Å². The van der Waals surface area contributed by atoms with Crippen molar-refractivity contribution in [1.82, 2.24) is 10.6 Å². The molecule has 0 aliphatic heterocycles. The summed E-state index contributed by atoms with van der Waals surface area (Å²) in [4.78, 5) is 35.9. The molecule has 0 spiro atoms. The molecule has 0 saturated carbocycles. The number of nitro benzene ring substituents is 1. The molecule has 2 amide bonds. The van der Waals surface area contributed by atoms with Crippen LogP contribution in [0.25, 0.3) is 6.08 Å². The van der Waals surface area contributed by atoms with E-state index in [2.05, 4.69) is 10.6 Å². The fraction of sp³-hybridized carbons (Fsp3) is 0.200. The minimum atomic E-state index is -0.725. The van der Waals surface area contributed by atoms with Crippen LogP contribution in [-0.4, -0.2) is 49.2 Å². The second-order valence-electron chi connectivity index (χ2n) is 5.88. The van der Waals surface area contributed by atoms with Crippen LogP contribution in [0.2, 0.25) is 0 Å². The minimum absolute atomic E-state index is 0.0140. The number of carbonyl (C=O) groups excluding carboxylic acids is 2. The van der Waals surface area contributed by atoms with Crippen molar-refractivity contribution in [3.63, 3.8) is 0 Å². The van der Waals surface area contributed by atoms with Gasteiger partial charge in [0.1, 0.15) is 5.70 Å². The van der Waals surface area contributed by atoms with Crippen molar-refractivity contribution in [2.24, 2.45) is 0 Å². The maximum absolute atomic E-state index is 12.5. The highest BCUT2D eigenvalue weighted by Crippen LogP contribution is 2.35. The molecule has 30 heavy (non-hydrogen) atoms. The van der Waals surface area contributed by atoms with Crippen LogP contribution in [0.4, 0.5) is 5.69 Å². The second kappa shape index (κ2) is 10.6. The van der Waals surface area contributed by atoms with E-state index in [9.17, 15) is 19.7 Å². The first kappa shape index (κ1) is 22.4. The van der Waals surface area contributed by atoms with Crippen LogP contribution in [0.1, 0.15) is 15.9 Å². The lowest BCUT2D eigenvalue weighted by Gasteiger charge is -2.12. The smallest absolute Gasteiger partial charge is 0.280 e. The topological polar surface area (TPSA) is 140 Å². The Hall–Kier alpha value is -3.92. The van der Waals surface area contributed by atoms with Crippen LogP contribution in [0.15, 0.2) is 48.2 Å². The number of benzene rings is 2. The first-order chi connectivity index (χ1) is 14.4. The molecule has 2 rings (SSSR count). The van der Waals surface area contributed by atoms with Gasteiger partial charge in [0.25, 0.3) is 17.5 Å². The van der Waals surface area contributed by atoms with Gasteiger partial charge in [0.05, 0.1) is 37.4 Å². The van der Waals surface area contributed by atoms with Crippen molar-refractivity contribution in [2.75, 3.05) is 27.4 Å². The second-order valence-corrected chi connectivity index (χ2v) is 5.88. The number of nitro groups is 1. The summed E-state index contributed by atoms with van der Waals surface area (Å²) in [5, 5.41) is 25.3. The standard InChI is InChI=1S/C20H21N3O7/c1-29-17-11-14(16(23(27)28)12-18(17)30-2)10-15(20(26)21-8-9-24)22-19(25)13-6-4-3-5-7-13/h3-7,10-12,24H,8-9H2,1-2H3,(H,21,26)(H,22,25)/b15-10-. The van der Waals surface area contributed by atoms with Gasteiger partial charge in [0.2, 0.25) is 0 Å². The Balaban J connectivity index is 2.53. The third-order valence-electron chi connectivity index (χ3n) is 3.96. The number of hydrogen-bond donors (Lipinski definition) is 3. The zero-order valence-corrected chi connectivity index (χ0v) is 16.4. The van der Waals surface area contributed by atoms with Gasteiger partial charge in [-0.3, -0.25) is 19.7 Å². The Bertz CT molecular complexity index is 958. The van der Waals surface area contributed by atoms with Crippen LogP contribution in [0, 0.1) is 10.1 Å². The van der Waals surface area contributed by atoms with Crippen molar-refractivity contribution in [3.05, 3.63) is 69.4 Å². The fourth-order valence-corrected chi connectivity index (χ4v) is 2.52. The Labute approximate surface area is 172 Å². The van der Waals surface area contributed by atoms with Gasteiger partial charge in [-0.1, -0.05) is 18.2 Å². The van der Waals surface area contributed by atoms with Gasteiger partial charge >= 0.3 is 0 Å². The van der Waals surface area contributed by atoms with Crippen LogP contribution >= 0.6 is 0 Å². The predicted molar refractivity (Wildman–Crippen MR) is 108 cm³/mol. The molecule has 0 aliphatic rings. The average molecular weight is 415 g/mol. The molecule has 0 unspecified atom stereocenters. The highest BCUT2D eigenvalue weighted by atomic mass is 16.6. The molecule has 2 aromatic rings. The van der Waals surface area contributed by atoms with Crippen molar-refractivity contribution in [1.29, 1.82) is 0 Å². The van der Waals surface area contributed by atoms with Crippen LogP contribution in [0.3, 0.4) is 0 Å². The third kappa shape index (κ3) is 5.55. The van der Waals surface area contributed by atoms with Gasteiger partial charge in [-0.15, -0.1) is 0 Å². The number of aliphatic hydroxyl groups is 1. The van der Waals surface area contributed by atoms with Crippen molar-refractivity contribution in [2.45, 2.75) is 0 Å². The maximum Gasteiger partial charge on any atom is 0.280 e. The number of rotatable bonds is 9. The van der Waals surface area contributed by atoms with Gasteiger partial charge in [0.15, 0.2) is 11.5 Å². The lowest BCUT2D eigenvalue weighted by Crippen LogP contribution is -2.36. The molecule has 0 saturated heterocycles. The SMILES string of the molecule is COc1cc(/C=C(\NC(=O)c2ccccc2)C(=O)NCCO)c([N+](=O)[O-])cc1OC. The number of methoxy groups -OCH3 is 2. The number of nitrogens with one attached hydrogen (secondary N) is 2. The summed E-state index contributed by atoms with van der Waals surface area (Å²) in [5.74, 6) is -0.957. The molecule has 10 heteroatoms. The molecule has 3 N–H and O–H groups in total. The van der Waals surface area contributed by atoms with E-state index in [1.807, 2.05) is 0 Å². The van der Waals surface area contributed by atoms with Gasteiger partial charge in [-0.05, 0) is 24.3 Å². The quantitative estimate of drug-likeness (QED) is 0.320. The van der Waals surface area contributed by atoms with Gasteiger partial charge < -0.3 is 25.2 Å². The minimum Gasteiger partial charge on any atom is -0.493 e. The highest BCUT2D eigenvalue weighted by Gasteiger charge is 2.21. The third-order valence-corrected chi connectivity index (χ3v) is 3.96. The number of aliphatic hydroxyl groups excluding tert-OH is 1. The molecule has 0 aliphatic carbocycles. The van der Waals surface area contributed by atoms with Gasteiger partial charge in [0, 0.05) is 12.1 Å². The summed E-state index contributed by atoms with van der Waals surface area (Å²) in [7, 11) is 2.70. The number of amides is 2. The summed E-state index contributed by atoms with van der Waals surface area (Å²) < 4.78 is 10.3.